The van der Waals surface area contributed by atoms with E-state index in [9.17, 15) is 0 Å². The summed E-state index contributed by atoms with van der Waals surface area (Å²) in [5, 5.41) is 0.980. The van der Waals surface area contributed by atoms with Crippen molar-refractivity contribution < 1.29 is 4.39 Å². The third kappa shape index (κ3) is 4.32. The van der Waals surface area contributed by atoms with E-state index in [0.717, 1.165) is 74.3 Å². The molecule has 3 heterocycles. The van der Waals surface area contributed by atoms with Gasteiger partial charge in [-0.05, 0) is 62.1 Å². The summed E-state index contributed by atoms with van der Waals surface area (Å²) in [6, 6.07) is 12.6. The molecule has 0 spiro atoms. The number of anilines is 3. The molecule has 1 aromatic heterocycles. The fourth-order valence-corrected chi connectivity index (χ4v) is 5.73. The zero-order valence-electron chi connectivity index (χ0n) is 21.0. The van der Waals surface area contributed by atoms with Crippen molar-refractivity contribution in [3.63, 3.8) is 0 Å². The number of hydrogen-bond acceptors (Lipinski definition) is 5. The van der Waals surface area contributed by atoms with Crippen molar-refractivity contribution in [2.24, 2.45) is 0 Å². The van der Waals surface area contributed by atoms with Gasteiger partial charge in [-0.25, -0.2) is 14.4 Å². The predicted molar refractivity (Wildman–Crippen MR) is 142 cm³/mol. The topological polar surface area (TPSA) is 35.5 Å². The summed E-state index contributed by atoms with van der Waals surface area (Å²) in [6.07, 6.45) is 6.77. The molecule has 0 unspecified atom stereocenters. The van der Waals surface area contributed by atoms with Gasteiger partial charge in [-0.2, -0.15) is 0 Å². The van der Waals surface area contributed by atoms with Crippen LogP contribution in [-0.4, -0.2) is 49.7 Å². The molecule has 2 aliphatic heterocycles. The summed E-state index contributed by atoms with van der Waals surface area (Å²) in [6.45, 7) is 7.23. The molecular formula is C29H36FN5. The van der Waals surface area contributed by atoms with Crippen LogP contribution in [0.5, 0.6) is 0 Å². The quantitative estimate of drug-likeness (QED) is 0.415. The molecule has 3 aliphatic rings. The highest BCUT2D eigenvalue weighted by atomic mass is 19.1. The van der Waals surface area contributed by atoms with Gasteiger partial charge >= 0.3 is 0 Å². The highest BCUT2D eigenvalue weighted by Crippen LogP contribution is 2.42. The molecule has 5 nitrogen and oxygen atoms in total. The molecule has 184 valence electrons. The molecule has 1 saturated carbocycles. The van der Waals surface area contributed by atoms with Crippen LogP contribution < -0.4 is 14.7 Å². The van der Waals surface area contributed by atoms with Crippen molar-refractivity contribution in [1.82, 2.24) is 9.97 Å². The molecule has 1 aliphatic carbocycles. The molecule has 35 heavy (non-hydrogen) atoms. The van der Waals surface area contributed by atoms with Gasteiger partial charge in [-0.15, -0.1) is 0 Å². The molecule has 6 heteroatoms. The second-order valence-corrected chi connectivity index (χ2v) is 10.6. The van der Waals surface area contributed by atoms with Crippen molar-refractivity contribution in [2.45, 2.75) is 57.3 Å². The highest BCUT2D eigenvalue weighted by molar-refractivity contribution is 5.92. The van der Waals surface area contributed by atoms with E-state index < -0.39 is 0 Å². The highest BCUT2D eigenvalue weighted by Gasteiger charge is 2.31. The van der Waals surface area contributed by atoms with Gasteiger partial charge < -0.3 is 14.7 Å². The number of aromatic nitrogens is 2. The molecule has 0 atom stereocenters. The van der Waals surface area contributed by atoms with Crippen molar-refractivity contribution in [3.8, 4) is 0 Å². The number of halogens is 1. The van der Waals surface area contributed by atoms with Gasteiger partial charge in [0.25, 0.3) is 0 Å². The van der Waals surface area contributed by atoms with E-state index in [2.05, 4.69) is 41.0 Å². The number of para-hydroxylation sites is 1. The Labute approximate surface area is 208 Å². The smallest absolute Gasteiger partial charge is 0.148 e. The van der Waals surface area contributed by atoms with Gasteiger partial charge in [-0.1, -0.05) is 25.1 Å². The number of rotatable bonds is 7. The van der Waals surface area contributed by atoms with Crippen molar-refractivity contribution in [3.05, 3.63) is 53.6 Å². The average Bonchev–Trinajstić information content (AvgIpc) is 3.68. The number of hydrogen-bond donors (Lipinski definition) is 0. The SMILES string of the molecule is CCCN(C)c1cc2c(N3CCC(c4ccccc4N4CCC4)CC3)nc(C3CC3)nc2cc1F. The summed E-state index contributed by atoms with van der Waals surface area (Å²) in [4.78, 5) is 16.9. The van der Waals surface area contributed by atoms with Gasteiger partial charge in [0.05, 0.1) is 11.2 Å². The lowest BCUT2D eigenvalue weighted by Crippen LogP contribution is -2.39. The Bertz CT molecular complexity index is 1210. The standard InChI is InChI=1S/C29H36FN5/c1-3-13-33(2)27-18-23-25(19-24(27)30)31-28(21-9-10-21)32-29(23)35-16-11-20(12-17-35)22-7-4-5-8-26(22)34-14-6-15-34/h4-5,7-8,18-21H,3,6,9-17H2,1-2H3. The first kappa shape index (κ1) is 22.6. The summed E-state index contributed by atoms with van der Waals surface area (Å²) < 4.78 is 15.1. The van der Waals surface area contributed by atoms with Crippen LogP contribution in [-0.2, 0) is 0 Å². The zero-order valence-corrected chi connectivity index (χ0v) is 21.0. The Hall–Kier alpha value is -2.89. The predicted octanol–water partition coefficient (Wildman–Crippen LogP) is 6.09. The van der Waals surface area contributed by atoms with Crippen LogP contribution in [0.4, 0.5) is 21.6 Å². The lowest BCUT2D eigenvalue weighted by Gasteiger charge is -2.39. The van der Waals surface area contributed by atoms with Crippen LogP contribution in [0.1, 0.15) is 68.7 Å². The van der Waals surface area contributed by atoms with Crippen molar-refractivity contribution in [1.29, 1.82) is 0 Å². The molecule has 2 saturated heterocycles. The third-order valence-corrected chi connectivity index (χ3v) is 8.04. The van der Waals surface area contributed by atoms with E-state index >= 15 is 4.39 Å². The number of piperidine rings is 1. The molecule has 0 amide bonds. The Balaban J connectivity index is 1.31. The molecule has 0 radical (unpaired) electrons. The second-order valence-electron chi connectivity index (χ2n) is 10.6. The largest absolute Gasteiger partial charge is 0.372 e. The fourth-order valence-electron chi connectivity index (χ4n) is 5.73. The first-order chi connectivity index (χ1) is 17.1. The van der Waals surface area contributed by atoms with E-state index in [4.69, 9.17) is 9.97 Å². The third-order valence-electron chi connectivity index (χ3n) is 8.04. The van der Waals surface area contributed by atoms with Gasteiger partial charge in [0.2, 0.25) is 0 Å². The fraction of sp³-hybridized carbons (Fsp3) is 0.517. The molecule has 3 aromatic rings. The lowest BCUT2D eigenvalue weighted by molar-refractivity contribution is 0.499. The molecule has 0 N–H and O–H groups in total. The Morgan fingerprint density at radius 2 is 1.71 bits per heavy atom. The van der Waals surface area contributed by atoms with Gasteiger partial charge in [0.15, 0.2) is 0 Å². The van der Waals surface area contributed by atoms with E-state index in [1.807, 2.05) is 18.0 Å². The van der Waals surface area contributed by atoms with Crippen molar-refractivity contribution in [2.75, 3.05) is 54.5 Å². The normalized spacial score (nSPS) is 18.7. The van der Waals surface area contributed by atoms with Gasteiger partial charge in [0.1, 0.15) is 17.5 Å². The molecule has 6 rings (SSSR count). The number of nitrogens with zero attached hydrogens (tertiary/aromatic N) is 5. The number of benzene rings is 2. The van der Waals surface area contributed by atoms with Crippen LogP contribution in [0.2, 0.25) is 0 Å². The Morgan fingerprint density at radius 3 is 2.40 bits per heavy atom. The molecular weight excluding hydrogens is 437 g/mol. The minimum absolute atomic E-state index is 0.193. The second kappa shape index (κ2) is 9.29. The van der Waals surface area contributed by atoms with Crippen LogP contribution >= 0.6 is 0 Å². The summed E-state index contributed by atoms with van der Waals surface area (Å²) in [5.74, 6) is 2.71. The first-order valence-electron chi connectivity index (χ1n) is 13.4. The van der Waals surface area contributed by atoms with E-state index in [0.29, 0.717) is 17.5 Å². The molecule has 3 fully saturated rings. The maximum Gasteiger partial charge on any atom is 0.148 e. The summed E-state index contributed by atoms with van der Waals surface area (Å²) >= 11 is 0. The Kier molecular flexibility index (Phi) is 5.99. The molecule has 2 aromatic carbocycles. The monoisotopic (exact) mass is 473 g/mol. The van der Waals surface area contributed by atoms with E-state index in [-0.39, 0.29) is 5.82 Å². The van der Waals surface area contributed by atoms with E-state index in [1.165, 1.54) is 30.8 Å². The zero-order chi connectivity index (χ0) is 23.9. The van der Waals surface area contributed by atoms with Gasteiger partial charge in [-0.3, -0.25) is 0 Å². The summed E-state index contributed by atoms with van der Waals surface area (Å²) in [7, 11) is 1.97. The average molecular weight is 474 g/mol. The van der Waals surface area contributed by atoms with Gasteiger partial charge in [0, 0.05) is 62.8 Å². The first-order valence-corrected chi connectivity index (χ1v) is 13.4. The van der Waals surface area contributed by atoms with Crippen LogP contribution in [0.3, 0.4) is 0 Å². The van der Waals surface area contributed by atoms with Crippen LogP contribution in [0, 0.1) is 5.82 Å². The maximum atomic E-state index is 15.1. The van der Waals surface area contributed by atoms with Crippen LogP contribution in [0.25, 0.3) is 10.9 Å². The maximum absolute atomic E-state index is 15.1. The van der Waals surface area contributed by atoms with Crippen LogP contribution in [0.15, 0.2) is 36.4 Å². The minimum Gasteiger partial charge on any atom is -0.372 e. The van der Waals surface area contributed by atoms with E-state index in [1.54, 1.807) is 6.07 Å². The van der Waals surface area contributed by atoms with Crippen molar-refractivity contribution >= 4 is 28.1 Å². The Morgan fingerprint density at radius 1 is 0.943 bits per heavy atom. The minimum atomic E-state index is -0.193. The lowest BCUT2D eigenvalue weighted by atomic mass is 9.87. The summed E-state index contributed by atoms with van der Waals surface area (Å²) in [5.41, 5.74) is 4.32. The molecule has 0 bridgehead atoms. The number of fused-ring (bicyclic) bond motifs is 1.